The number of fused-ring (bicyclic) bond motifs is 1. The zero-order chi connectivity index (χ0) is 20.4. The van der Waals surface area contributed by atoms with Crippen LogP contribution in [-0.4, -0.2) is 42.1 Å². The molecule has 2 amide bonds. The van der Waals surface area contributed by atoms with Gasteiger partial charge in [-0.1, -0.05) is 18.2 Å². The number of urea groups is 1. The van der Waals surface area contributed by atoms with Gasteiger partial charge < -0.3 is 15.1 Å². The molecule has 0 atom stereocenters. The van der Waals surface area contributed by atoms with E-state index >= 15 is 0 Å². The maximum absolute atomic E-state index is 12.9. The van der Waals surface area contributed by atoms with Crippen molar-refractivity contribution in [2.75, 3.05) is 36.4 Å². The van der Waals surface area contributed by atoms with Crippen molar-refractivity contribution in [1.29, 1.82) is 0 Å². The molecule has 1 aromatic heterocycles. The first-order valence-electron chi connectivity index (χ1n) is 9.23. The number of hydrogen-bond acceptors (Lipinski definition) is 3. The molecule has 0 bridgehead atoms. The molecular formula is C21H19F3N4O. The second-order valence-electron chi connectivity index (χ2n) is 6.85. The molecule has 0 unspecified atom stereocenters. The summed E-state index contributed by atoms with van der Waals surface area (Å²) in [6.07, 6.45) is -0.962. The Bertz CT molecular complexity index is 1020. The molecule has 3 aromatic rings. The Kier molecular flexibility index (Phi) is 5.00. The molecule has 2 heterocycles. The molecule has 0 saturated carbocycles. The van der Waals surface area contributed by atoms with Crippen LogP contribution >= 0.6 is 0 Å². The van der Waals surface area contributed by atoms with Crippen LogP contribution in [0.2, 0.25) is 0 Å². The number of alkyl halides is 3. The molecule has 2 aromatic carbocycles. The summed E-state index contributed by atoms with van der Waals surface area (Å²) in [6.45, 7) is 1.78. The van der Waals surface area contributed by atoms with Crippen LogP contribution in [0.3, 0.4) is 0 Å². The Morgan fingerprint density at radius 3 is 2.52 bits per heavy atom. The summed E-state index contributed by atoms with van der Waals surface area (Å²) in [7, 11) is 0. The summed E-state index contributed by atoms with van der Waals surface area (Å²) >= 11 is 0. The number of nitrogens with one attached hydrogen (secondary N) is 1. The third kappa shape index (κ3) is 4.11. The van der Waals surface area contributed by atoms with E-state index in [1.54, 1.807) is 23.4 Å². The highest BCUT2D eigenvalue weighted by Crippen LogP contribution is 2.32. The SMILES string of the molecule is O=C(Nc1cccc2cnccc12)N1CCN(c2cccc(C(F)(F)F)c2)CC1. The fourth-order valence-electron chi connectivity index (χ4n) is 3.47. The third-order valence-corrected chi connectivity index (χ3v) is 5.03. The number of carbonyl (C=O) groups is 1. The number of hydrogen-bond donors (Lipinski definition) is 1. The van der Waals surface area contributed by atoms with E-state index < -0.39 is 11.7 Å². The van der Waals surface area contributed by atoms with Crippen LogP contribution in [0.4, 0.5) is 29.3 Å². The van der Waals surface area contributed by atoms with Crippen LogP contribution in [0, 0.1) is 0 Å². The monoisotopic (exact) mass is 400 g/mol. The van der Waals surface area contributed by atoms with Gasteiger partial charge >= 0.3 is 12.2 Å². The van der Waals surface area contributed by atoms with Gasteiger partial charge in [0.1, 0.15) is 0 Å². The van der Waals surface area contributed by atoms with Crippen molar-refractivity contribution >= 4 is 28.2 Å². The zero-order valence-electron chi connectivity index (χ0n) is 15.5. The van der Waals surface area contributed by atoms with E-state index in [1.807, 2.05) is 29.2 Å². The van der Waals surface area contributed by atoms with Gasteiger partial charge in [-0.3, -0.25) is 4.98 Å². The molecule has 8 heteroatoms. The van der Waals surface area contributed by atoms with Crippen LogP contribution in [-0.2, 0) is 6.18 Å². The molecule has 1 saturated heterocycles. The van der Waals surface area contributed by atoms with Crippen LogP contribution in [0.5, 0.6) is 0 Å². The number of nitrogens with zero attached hydrogens (tertiary/aromatic N) is 3. The molecule has 1 fully saturated rings. The maximum atomic E-state index is 12.9. The smallest absolute Gasteiger partial charge is 0.368 e. The Labute approximate surface area is 165 Å². The van der Waals surface area contributed by atoms with E-state index in [2.05, 4.69) is 10.3 Å². The van der Waals surface area contributed by atoms with E-state index in [9.17, 15) is 18.0 Å². The number of piperazine rings is 1. The molecule has 1 N–H and O–H groups in total. The number of carbonyl (C=O) groups excluding carboxylic acids is 1. The van der Waals surface area contributed by atoms with Gasteiger partial charge in [-0.05, 0) is 30.3 Å². The largest absolute Gasteiger partial charge is 0.416 e. The zero-order valence-corrected chi connectivity index (χ0v) is 15.5. The minimum Gasteiger partial charge on any atom is -0.368 e. The highest BCUT2D eigenvalue weighted by atomic mass is 19.4. The summed E-state index contributed by atoms with van der Waals surface area (Å²) < 4.78 is 38.8. The quantitative estimate of drug-likeness (QED) is 0.684. The molecule has 1 aliphatic rings. The number of pyridine rings is 1. The van der Waals surface area contributed by atoms with E-state index in [4.69, 9.17) is 0 Å². The molecule has 0 spiro atoms. The van der Waals surface area contributed by atoms with Gasteiger partial charge in [0.05, 0.1) is 11.3 Å². The van der Waals surface area contributed by atoms with E-state index in [-0.39, 0.29) is 6.03 Å². The normalized spacial score (nSPS) is 14.9. The number of anilines is 2. The Hall–Kier alpha value is -3.29. The first kappa shape index (κ1) is 19.0. The molecule has 5 nitrogen and oxygen atoms in total. The number of amides is 2. The van der Waals surface area contributed by atoms with Crippen LogP contribution < -0.4 is 10.2 Å². The summed E-state index contributed by atoms with van der Waals surface area (Å²) in [5.74, 6) is 0. The van der Waals surface area contributed by atoms with Crippen molar-refractivity contribution in [2.24, 2.45) is 0 Å². The van der Waals surface area contributed by atoms with Crippen molar-refractivity contribution in [1.82, 2.24) is 9.88 Å². The van der Waals surface area contributed by atoms with Crippen LogP contribution in [0.25, 0.3) is 10.8 Å². The highest BCUT2D eigenvalue weighted by molar-refractivity contribution is 6.01. The molecular weight excluding hydrogens is 381 g/mol. The lowest BCUT2D eigenvalue weighted by molar-refractivity contribution is -0.137. The van der Waals surface area contributed by atoms with Crippen molar-refractivity contribution < 1.29 is 18.0 Å². The average molecular weight is 400 g/mol. The maximum Gasteiger partial charge on any atom is 0.416 e. The lowest BCUT2D eigenvalue weighted by Crippen LogP contribution is -2.50. The molecule has 0 radical (unpaired) electrons. The molecule has 4 rings (SSSR count). The van der Waals surface area contributed by atoms with Crippen LogP contribution in [0.15, 0.2) is 60.9 Å². The standard InChI is InChI=1S/C21H19F3N4O/c22-21(23,24)16-4-2-5-17(13-16)27-9-11-28(12-10-27)20(29)26-19-6-1-3-15-14-25-8-7-18(15)19/h1-8,13-14H,9-12H2,(H,26,29). The Morgan fingerprint density at radius 2 is 1.76 bits per heavy atom. The Morgan fingerprint density at radius 1 is 1.00 bits per heavy atom. The predicted molar refractivity (Wildman–Crippen MR) is 106 cm³/mol. The topological polar surface area (TPSA) is 48.5 Å². The molecule has 150 valence electrons. The van der Waals surface area contributed by atoms with Gasteiger partial charge in [0.2, 0.25) is 0 Å². The second kappa shape index (κ2) is 7.62. The highest BCUT2D eigenvalue weighted by Gasteiger charge is 2.31. The van der Waals surface area contributed by atoms with Gasteiger partial charge in [-0.15, -0.1) is 0 Å². The fourth-order valence-corrected chi connectivity index (χ4v) is 3.47. The first-order valence-corrected chi connectivity index (χ1v) is 9.23. The van der Waals surface area contributed by atoms with Crippen molar-refractivity contribution in [3.8, 4) is 0 Å². The predicted octanol–water partition coefficient (Wildman–Crippen LogP) is 4.61. The molecule has 1 aliphatic heterocycles. The second-order valence-corrected chi connectivity index (χ2v) is 6.85. The average Bonchev–Trinajstić information content (AvgIpc) is 2.73. The van der Waals surface area contributed by atoms with Gasteiger partial charge in [0.15, 0.2) is 0 Å². The minimum absolute atomic E-state index is 0.224. The fraction of sp³-hybridized carbons (Fsp3) is 0.238. The molecule has 29 heavy (non-hydrogen) atoms. The molecule has 0 aliphatic carbocycles. The van der Waals surface area contributed by atoms with Gasteiger partial charge in [-0.2, -0.15) is 13.2 Å². The first-order chi connectivity index (χ1) is 13.9. The number of rotatable bonds is 2. The van der Waals surface area contributed by atoms with E-state index in [0.717, 1.165) is 22.9 Å². The van der Waals surface area contributed by atoms with Crippen LogP contribution in [0.1, 0.15) is 5.56 Å². The van der Waals surface area contributed by atoms with Crippen molar-refractivity contribution in [3.63, 3.8) is 0 Å². The lowest BCUT2D eigenvalue weighted by atomic mass is 10.1. The Balaban J connectivity index is 1.41. The minimum atomic E-state index is -4.37. The van der Waals surface area contributed by atoms with Gasteiger partial charge in [0, 0.05) is 55.0 Å². The summed E-state index contributed by atoms with van der Waals surface area (Å²) in [6, 6.07) is 12.5. The number of halogens is 3. The summed E-state index contributed by atoms with van der Waals surface area (Å²) in [5.41, 5.74) is 0.553. The number of benzene rings is 2. The number of aromatic nitrogens is 1. The lowest BCUT2D eigenvalue weighted by Gasteiger charge is -2.36. The third-order valence-electron chi connectivity index (χ3n) is 5.03. The summed E-state index contributed by atoms with van der Waals surface area (Å²) in [4.78, 5) is 20.3. The van der Waals surface area contributed by atoms with Gasteiger partial charge in [-0.25, -0.2) is 4.79 Å². The van der Waals surface area contributed by atoms with E-state index in [1.165, 1.54) is 6.07 Å². The van der Waals surface area contributed by atoms with E-state index in [0.29, 0.717) is 37.6 Å². The van der Waals surface area contributed by atoms with Crippen molar-refractivity contribution in [2.45, 2.75) is 6.18 Å². The summed E-state index contributed by atoms with van der Waals surface area (Å²) in [5, 5.41) is 4.76. The van der Waals surface area contributed by atoms with Crippen molar-refractivity contribution in [3.05, 3.63) is 66.5 Å². The van der Waals surface area contributed by atoms with Gasteiger partial charge in [0.25, 0.3) is 0 Å².